The van der Waals surface area contributed by atoms with E-state index in [1.54, 1.807) is 12.3 Å². The van der Waals surface area contributed by atoms with Crippen molar-refractivity contribution in [1.82, 2.24) is 30.0 Å². The van der Waals surface area contributed by atoms with E-state index < -0.39 is 0 Å². The molecule has 2 fully saturated rings. The number of hydrogen-bond acceptors (Lipinski definition) is 6. The number of rotatable bonds is 4. The highest BCUT2D eigenvalue weighted by molar-refractivity contribution is 6.35. The largest absolute Gasteiger partial charge is 0.351 e. The second-order valence-corrected chi connectivity index (χ2v) is 9.71. The van der Waals surface area contributed by atoms with E-state index in [0.717, 1.165) is 35.5 Å². The maximum atomic E-state index is 11.1. The molecule has 2 aliphatic heterocycles. The summed E-state index contributed by atoms with van der Waals surface area (Å²) < 4.78 is 1.86. The Hall–Kier alpha value is -2.42. The van der Waals surface area contributed by atoms with Crippen LogP contribution in [-0.2, 0) is 4.79 Å². The smallest absolute Gasteiger partial charge is 0.210 e. The average molecular weight is 504 g/mol. The van der Waals surface area contributed by atoms with Crippen molar-refractivity contribution in [2.24, 2.45) is 0 Å². The molecule has 10 heteroatoms. The predicted molar refractivity (Wildman–Crippen MR) is 137 cm³/mol. The number of nitrogens with one attached hydrogen (secondary N) is 1. The zero-order valence-electron chi connectivity index (χ0n) is 19.8. The van der Waals surface area contributed by atoms with Gasteiger partial charge in [0.15, 0.2) is 5.65 Å². The standard InChI is InChI=1S/C20H22Cl2N6O.C4H9N/c1-12-10-26(6-7-27(12)11-29)18-9-23-19-13(2)25-28(20(19)24-18)14(3)16-5-4-15(21)8-17(16)22;1-2-4-5-3-1/h4-5,8-9,11-12,14H,6-7,10H2,1-3H3;5H,1-4H2/t12-,14+;/m0./s1. The average Bonchev–Trinajstić information content (AvgIpc) is 3.51. The number of anilines is 1. The number of aryl methyl sites for hydroxylation is 1. The fourth-order valence-electron chi connectivity index (χ4n) is 4.40. The van der Waals surface area contributed by atoms with Crippen LogP contribution >= 0.6 is 23.2 Å². The summed E-state index contributed by atoms with van der Waals surface area (Å²) in [5.41, 5.74) is 3.21. The van der Waals surface area contributed by atoms with Crippen LogP contribution in [-0.4, -0.2) is 69.8 Å². The zero-order valence-corrected chi connectivity index (χ0v) is 21.4. The topological polar surface area (TPSA) is 79.2 Å². The monoisotopic (exact) mass is 503 g/mol. The van der Waals surface area contributed by atoms with Crippen LogP contribution in [0.1, 0.15) is 44.0 Å². The first-order valence-corrected chi connectivity index (χ1v) is 12.5. The number of nitrogens with zero attached hydrogens (tertiary/aromatic N) is 6. The Morgan fingerprint density at radius 2 is 1.97 bits per heavy atom. The minimum atomic E-state index is -0.133. The Kier molecular flexibility index (Phi) is 7.91. The minimum absolute atomic E-state index is 0.122. The maximum Gasteiger partial charge on any atom is 0.210 e. The summed E-state index contributed by atoms with van der Waals surface area (Å²) in [6.07, 6.45) is 5.47. The molecule has 5 rings (SSSR count). The molecule has 0 spiro atoms. The van der Waals surface area contributed by atoms with Gasteiger partial charge < -0.3 is 15.1 Å². The van der Waals surface area contributed by atoms with Crippen LogP contribution in [0.2, 0.25) is 10.0 Å². The quantitative estimate of drug-likeness (QED) is 0.540. The predicted octanol–water partition coefficient (Wildman–Crippen LogP) is 4.09. The third-order valence-electron chi connectivity index (χ3n) is 6.43. The van der Waals surface area contributed by atoms with Crippen LogP contribution in [0.4, 0.5) is 5.82 Å². The highest BCUT2D eigenvalue weighted by Crippen LogP contribution is 2.31. The SMILES string of the molecule is C1CCNC1.Cc1nn([C@H](C)c2ccc(Cl)cc2Cl)c2nc(N3CCN(C=O)[C@@H](C)C3)cnc12. The Labute approximate surface area is 210 Å². The fourth-order valence-corrected chi connectivity index (χ4v) is 4.96. The summed E-state index contributed by atoms with van der Waals surface area (Å²) in [4.78, 5) is 24.6. The Balaban J connectivity index is 0.000000486. The van der Waals surface area contributed by atoms with Gasteiger partial charge >= 0.3 is 0 Å². The van der Waals surface area contributed by atoms with Crippen molar-refractivity contribution < 1.29 is 4.79 Å². The zero-order chi connectivity index (χ0) is 24.2. The van der Waals surface area contributed by atoms with E-state index in [9.17, 15) is 4.79 Å². The van der Waals surface area contributed by atoms with Gasteiger partial charge in [0.25, 0.3) is 0 Å². The highest BCUT2D eigenvalue weighted by atomic mass is 35.5. The molecule has 182 valence electrons. The van der Waals surface area contributed by atoms with Gasteiger partial charge in [0.05, 0.1) is 17.9 Å². The minimum Gasteiger partial charge on any atom is -0.351 e. The molecule has 0 bridgehead atoms. The normalized spacial score (nSPS) is 19.1. The molecule has 0 aliphatic carbocycles. The number of carbonyl (C=O) groups excluding carboxylic acids is 1. The molecule has 0 unspecified atom stereocenters. The number of carbonyl (C=O) groups is 1. The van der Waals surface area contributed by atoms with Crippen molar-refractivity contribution >= 4 is 46.6 Å². The van der Waals surface area contributed by atoms with E-state index >= 15 is 0 Å². The molecule has 2 saturated heterocycles. The van der Waals surface area contributed by atoms with Gasteiger partial charge in [0.1, 0.15) is 11.3 Å². The number of halogens is 2. The molecule has 34 heavy (non-hydrogen) atoms. The number of benzene rings is 1. The van der Waals surface area contributed by atoms with Crippen LogP contribution in [0.3, 0.4) is 0 Å². The Morgan fingerprint density at radius 3 is 2.59 bits per heavy atom. The van der Waals surface area contributed by atoms with Crippen molar-refractivity contribution in [2.45, 2.75) is 45.7 Å². The van der Waals surface area contributed by atoms with E-state index in [0.29, 0.717) is 28.8 Å². The van der Waals surface area contributed by atoms with Crippen molar-refractivity contribution in [3.05, 3.63) is 45.7 Å². The third-order valence-corrected chi connectivity index (χ3v) is 7.00. The van der Waals surface area contributed by atoms with Gasteiger partial charge in [-0.25, -0.2) is 14.6 Å². The van der Waals surface area contributed by atoms with Gasteiger partial charge in [-0.2, -0.15) is 5.10 Å². The van der Waals surface area contributed by atoms with E-state index in [4.69, 9.17) is 28.2 Å². The number of piperazine rings is 1. The molecule has 0 saturated carbocycles. The molecule has 2 aliphatic rings. The highest BCUT2D eigenvalue weighted by Gasteiger charge is 2.25. The van der Waals surface area contributed by atoms with E-state index in [2.05, 4.69) is 20.3 Å². The molecule has 8 nitrogen and oxygen atoms in total. The summed E-state index contributed by atoms with van der Waals surface area (Å²) in [6, 6.07) is 5.46. The molecule has 4 heterocycles. The van der Waals surface area contributed by atoms with Crippen molar-refractivity contribution in [3.8, 4) is 0 Å². The van der Waals surface area contributed by atoms with E-state index in [1.165, 1.54) is 25.9 Å². The number of amides is 1. The van der Waals surface area contributed by atoms with Gasteiger partial charge in [0.2, 0.25) is 6.41 Å². The van der Waals surface area contributed by atoms with Gasteiger partial charge in [0, 0.05) is 35.7 Å². The lowest BCUT2D eigenvalue weighted by molar-refractivity contribution is -0.120. The van der Waals surface area contributed by atoms with Gasteiger partial charge in [-0.05, 0) is 64.4 Å². The molecule has 0 radical (unpaired) electrons. The van der Waals surface area contributed by atoms with Gasteiger partial charge in [-0.1, -0.05) is 29.3 Å². The van der Waals surface area contributed by atoms with Crippen LogP contribution in [0.5, 0.6) is 0 Å². The third kappa shape index (κ3) is 5.29. The second-order valence-electron chi connectivity index (χ2n) is 8.87. The Morgan fingerprint density at radius 1 is 1.21 bits per heavy atom. The lowest BCUT2D eigenvalue weighted by Crippen LogP contribution is -2.51. The molecule has 1 amide bonds. The van der Waals surface area contributed by atoms with Gasteiger partial charge in [-0.15, -0.1) is 0 Å². The fraction of sp³-hybridized carbons (Fsp3) is 0.500. The first kappa shape index (κ1) is 24.7. The summed E-state index contributed by atoms with van der Waals surface area (Å²) >= 11 is 12.5. The number of fused-ring (bicyclic) bond motifs is 1. The molecule has 3 aromatic rings. The van der Waals surface area contributed by atoms with Crippen molar-refractivity contribution in [1.29, 1.82) is 0 Å². The number of hydrogen-bond donors (Lipinski definition) is 1. The van der Waals surface area contributed by atoms with Gasteiger partial charge in [-0.3, -0.25) is 4.79 Å². The molecule has 2 atom stereocenters. The summed E-state index contributed by atoms with van der Waals surface area (Å²) in [7, 11) is 0. The lowest BCUT2D eigenvalue weighted by atomic mass is 10.1. The second kappa shape index (κ2) is 10.9. The number of aromatic nitrogens is 4. The van der Waals surface area contributed by atoms with E-state index in [-0.39, 0.29) is 12.1 Å². The molecule has 2 aromatic heterocycles. The first-order chi connectivity index (χ1) is 16.4. The summed E-state index contributed by atoms with van der Waals surface area (Å²) in [5.74, 6) is 0.783. The molecular formula is C24H31Cl2N7O. The first-order valence-electron chi connectivity index (χ1n) is 11.7. The summed E-state index contributed by atoms with van der Waals surface area (Å²) in [6.45, 7) is 10.6. The van der Waals surface area contributed by atoms with E-state index in [1.807, 2.05) is 42.5 Å². The van der Waals surface area contributed by atoms with Crippen molar-refractivity contribution in [2.75, 3.05) is 37.6 Å². The Bertz CT molecular complexity index is 1140. The van der Waals surface area contributed by atoms with Crippen LogP contribution < -0.4 is 10.2 Å². The molecular weight excluding hydrogens is 473 g/mol. The summed E-state index contributed by atoms with van der Waals surface area (Å²) in [5, 5.41) is 9.09. The van der Waals surface area contributed by atoms with Crippen LogP contribution in [0.25, 0.3) is 11.2 Å². The maximum absolute atomic E-state index is 11.1. The van der Waals surface area contributed by atoms with Crippen LogP contribution in [0.15, 0.2) is 24.4 Å². The lowest BCUT2D eigenvalue weighted by Gasteiger charge is -2.38. The molecule has 1 N–H and O–H groups in total. The van der Waals surface area contributed by atoms with Crippen molar-refractivity contribution in [3.63, 3.8) is 0 Å². The molecule has 1 aromatic carbocycles. The van der Waals surface area contributed by atoms with Crippen LogP contribution in [0, 0.1) is 6.92 Å².